The van der Waals surface area contributed by atoms with Crippen molar-refractivity contribution in [2.24, 2.45) is 5.92 Å². The Morgan fingerprint density at radius 2 is 1.77 bits per heavy atom. The summed E-state index contributed by atoms with van der Waals surface area (Å²) in [7, 11) is 0. The number of hydrogen-bond donors (Lipinski definition) is 0. The van der Waals surface area contributed by atoms with Crippen molar-refractivity contribution in [2.75, 3.05) is 0 Å². The second-order valence-corrected chi connectivity index (χ2v) is 3.85. The van der Waals surface area contributed by atoms with E-state index in [1.807, 2.05) is 6.29 Å². The molecular formula is C12H23O. The van der Waals surface area contributed by atoms with Gasteiger partial charge in [-0.25, -0.2) is 0 Å². The molecule has 0 N–H and O–H groups in total. The van der Waals surface area contributed by atoms with Crippen molar-refractivity contribution in [2.45, 2.75) is 65.2 Å². The first-order valence-corrected chi connectivity index (χ1v) is 5.70. The minimum absolute atomic E-state index is 0.611. The molecule has 1 atom stereocenters. The van der Waals surface area contributed by atoms with Gasteiger partial charge >= 0.3 is 0 Å². The lowest BCUT2D eigenvalue weighted by Gasteiger charge is -2.11. The van der Waals surface area contributed by atoms with Crippen molar-refractivity contribution in [3.8, 4) is 0 Å². The summed E-state index contributed by atoms with van der Waals surface area (Å²) in [5.41, 5.74) is 0. The highest BCUT2D eigenvalue weighted by atomic mass is 16.1. The smallest absolute Gasteiger partial charge is 0.198 e. The van der Waals surface area contributed by atoms with Gasteiger partial charge in [-0.15, -0.1) is 0 Å². The highest BCUT2D eigenvalue weighted by molar-refractivity contribution is 5.50. The Morgan fingerprint density at radius 3 is 2.31 bits per heavy atom. The maximum atomic E-state index is 10.3. The van der Waals surface area contributed by atoms with E-state index in [1.54, 1.807) is 0 Å². The van der Waals surface area contributed by atoms with E-state index in [-0.39, 0.29) is 0 Å². The van der Waals surface area contributed by atoms with Gasteiger partial charge in [-0.05, 0) is 5.92 Å². The summed E-state index contributed by atoms with van der Waals surface area (Å²) in [4.78, 5) is 10.3. The van der Waals surface area contributed by atoms with Gasteiger partial charge < -0.3 is 0 Å². The zero-order chi connectivity index (χ0) is 9.94. The van der Waals surface area contributed by atoms with E-state index in [2.05, 4.69) is 13.8 Å². The molecule has 0 aromatic rings. The molecule has 77 valence electrons. The summed E-state index contributed by atoms with van der Waals surface area (Å²) < 4.78 is 0. The molecule has 1 heteroatoms. The van der Waals surface area contributed by atoms with Gasteiger partial charge in [0, 0.05) is 6.42 Å². The molecule has 0 aliphatic rings. The van der Waals surface area contributed by atoms with E-state index in [0.29, 0.717) is 12.3 Å². The minimum Gasteiger partial charge on any atom is -0.291 e. The molecular weight excluding hydrogens is 160 g/mol. The van der Waals surface area contributed by atoms with Crippen molar-refractivity contribution < 1.29 is 4.79 Å². The van der Waals surface area contributed by atoms with Crippen molar-refractivity contribution in [3.63, 3.8) is 0 Å². The monoisotopic (exact) mass is 183 g/mol. The second kappa shape index (κ2) is 9.76. The molecule has 0 rings (SSSR count). The molecule has 0 heterocycles. The van der Waals surface area contributed by atoms with Gasteiger partial charge in [0.2, 0.25) is 0 Å². The van der Waals surface area contributed by atoms with E-state index in [1.165, 1.54) is 44.9 Å². The van der Waals surface area contributed by atoms with Crippen LogP contribution in [-0.4, -0.2) is 6.29 Å². The molecule has 1 unspecified atom stereocenters. The average Bonchev–Trinajstić information content (AvgIpc) is 2.13. The van der Waals surface area contributed by atoms with Crippen LogP contribution in [0.25, 0.3) is 0 Å². The molecule has 1 nitrogen and oxygen atoms in total. The lowest BCUT2D eigenvalue weighted by molar-refractivity contribution is 0.422. The lowest BCUT2D eigenvalue weighted by Crippen LogP contribution is -2.00. The molecule has 0 aromatic carbocycles. The summed E-state index contributed by atoms with van der Waals surface area (Å²) in [5, 5.41) is 0. The van der Waals surface area contributed by atoms with E-state index in [0.717, 1.165) is 0 Å². The molecule has 0 spiro atoms. The van der Waals surface area contributed by atoms with Crippen LogP contribution in [0.15, 0.2) is 0 Å². The number of unbranched alkanes of at least 4 members (excludes halogenated alkanes) is 3. The third-order valence-electron chi connectivity index (χ3n) is 2.53. The average molecular weight is 183 g/mol. The van der Waals surface area contributed by atoms with Crippen molar-refractivity contribution in [1.82, 2.24) is 0 Å². The Morgan fingerprint density at radius 1 is 1.00 bits per heavy atom. The van der Waals surface area contributed by atoms with E-state index < -0.39 is 0 Å². The van der Waals surface area contributed by atoms with Crippen molar-refractivity contribution in [1.29, 1.82) is 0 Å². The Hall–Kier alpha value is -0.330. The number of hydrogen-bond acceptors (Lipinski definition) is 1. The molecule has 13 heavy (non-hydrogen) atoms. The van der Waals surface area contributed by atoms with E-state index >= 15 is 0 Å². The SMILES string of the molecule is CCCCCCC(C[C]=O)CCC. The molecule has 0 aliphatic carbocycles. The first-order valence-electron chi connectivity index (χ1n) is 5.70. The fraction of sp³-hybridized carbons (Fsp3) is 0.917. The van der Waals surface area contributed by atoms with Crippen LogP contribution in [0.1, 0.15) is 65.2 Å². The fourth-order valence-corrected chi connectivity index (χ4v) is 1.73. The van der Waals surface area contributed by atoms with Crippen LogP contribution in [0.4, 0.5) is 0 Å². The zero-order valence-corrected chi connectivity index (χ0v) is 9.14. The number of carbonyl (C=O) groups excluding carboxylic acids is 1. The summed E-state index contributed by atoms with van der Waals surface area (Å²) in [5.74, 6) is 0.611. The number of rotatable bonds is 9. The van der Waals surface area contributed by atoms with Gasteiger partial charge in [0.25, 0.3) is 0 Å². The Labute approximate surface area is 82.9 Å². The molecule has 0 amide bonds. The van der Waals surface area contributed by atoms with Gasteiger partial charge in [0.1, 0.15) is 0 Å². The van der Waals surface area contributed by atoms with Crippen molar-refractivity contribution in [3.05, 3.63) is 0 Å². The predicted octanol–water partition coefficient (Wildman–Crippen LogP) is 3.87. The molecule has 0 fully saturated rings. The lowest BCUT2D eigenvalue weighted by atomic mass is 9.94. The third kappa shape index (κ3) is 8.01. The molecule has 0 saturated heterocycles. The van der Waals surface area contributed by atoms with Gasteiger partial charge in [-0.3, -0.25) is 4.79 Å². The molecule has 0 aliphatic heterocycles. The molecule has 0 saturated carbocycles. The quantitative estimate of drug-likeness (QED) is 0.496. The maximum absolute atomic E-state index is 10.3. The Balaban J connectivity index is 3.38. The maximum Gasteiger partial charge on any atom is 0.198 e. The third-order valence-corrected chi connectivity index (χ3v) is 2.53. The molecule has 0 bridgehead atoms. The van der Waals surface area contributed by atoms with Crippen LogP contribution in [0, 0.1) is 5.92 Å². The topological polar surface area (TPSA) is 17.1 Å². The summed E-state index contributed by atoms with van der Waals surface area (Å²) >= 11 is 0. The van der Waals surface area contributed by atoms with Crippen LogP contribution < -0.4 is 0 Å². The molecule has 0 aromatic heterocycles. The second-order valence-electron chi connectivity index (χ2n) is 3.85. The largest absolute Gasteiger partial charge is 0.291 e. The van der Waals surface area contributed by atoms with Crippen LogP contribution in [0.5, 0.6) is 0 Å². The van der Waals surface area contributed by atoms with Crippen LogP contribution in [0.3, 0.4) is 0 Å². The van der Waals surface area contributed by atoms with Gasteiger partial charge in [-0.2, -0.15) is 0 Å². The first kappa shape index (κ1) is 12.7. The Bertz CT molecular complexity index is 110. The van der Waals surface area contributed by atoms with Crippen molar-refractivity contribution >= 4 is 6.29 Å². The van der Waals surface area contributed by atoms with Gasteiger partial charge in [-0.1, -0.05) is 58.8 Å². The summed E-state index contributed by atoms with van der Waals surface area (Å²) in [6.07, 6.45) is 11.6. The van der Waals surface area contributed by atoms with Crippen LogP contribution in [-0.2, 0) is 4.79 Å². The summed E-state index contributed by atoms with van der Waals surface area (Å²) in [6, 6.07) is 0. The van der Waals surface area contributed by atoms with Gasteiger partial charge in [0.15, 0.2) is 6.29 Å². The van der Waals surface area contributed by atoms with Crippen LogP contribution >= 0.6 is 0 Å². The Kier molecular flexibility index (Phi) is 9.51. The predicted molar refractivity (Wildman–Crippen MR) is 57.5 cm³/mol. The first-order chi connectivity index (χ1) is 6.35. The normalized spacial score (nSPS) is 12.8. The highest BCUT2D eigenvalue weighted by Gasteiger charge is 2.06. The zero-order valence-electron chi connectivity index (χ0n) is 9.14. The van der Waals surface area contributed by atoms with Crippen LogP contribution in [0.2, 0.25) is 0 Å². The van der Waals surface area contributed by atoms with E-state index in [9.17, 15) is 4.79 Å². The molecule has 1 radical (unpaired) electrons. The minimum atomic E-state index is 0.611. The standard InChI is InChI=1S/C12H23O/c1-3-5-6-7-9-12(8-4-2)10-11-13/h12H,3-10H2,1-2H3. The van der Waals surface area contributed by atoms with E-state index in [4.69, 9.17) is 0 Å². The van der Waals surface area contributed by atoms with Gasteiger partial charge in [0.05, 0.1) is 0 Å². The summed E-state index contributed by atoms with van der Waals surface area (Å²) in [6.45, 7) is 4.41. The fourth-order valence-electron chi connectivity index (χ4n) is 1.73. The highest BCUT2D eigenvalue weighted by Crippen LogP contribution is 2.18.